The maximum Gasteiger partial charge on any atom is 0.300 e. The average Bonchev–Trinajstić information content (AvgIpc) is 2.75. The van der Waals surface area contributed by atoms with Crippen LogP contribution in [-0.2, 0) is 0 Å². The van der Waals surface area contributed by atoms with E-state index in [1.165, 1.54) is 0 Å². The molecule has 19 heavy (non-hydrogen) atoms. The summed E-state index contributed by atoms with van der Waals surface area (Å²) in [5.74, 6) is 0. The number of fused-ring (bicyclic) bond motifs is 1. The standard InChI is InChI=1S/C13H7Cl3N2O/c14-7-1-4-12-11(5-7)18-13(19-12)17-8-2-3-9(15)10(16)6-8/h1-6H,(H,17,18). The Hall–Kier alpha value is -1.42. The smallest absolute Gasteiger partial charge is 0.300 e. The van der Waals surface area contributed by atoms with Crippen molar-refractivity contribution < 1.29 is 4.42 Å². The van der Waals surface area contributed by atoms with Crippen molar-refractivity contribution in [1.82, 2.24) is 4.98 Å². The summed E-state index contributed by atoms with van der Waals surface area (Å²) >= 11 is 17.7. The van der Waals surface area contributed by atoms with Crippen LogP contribution in [-0.4, -0.2) is 4.98 Å². The van der Waals surface area contributed by atoms with Gasteiger partial charge in [0, 0.05) is 10.7 Å². The predicted molar refractivity (Wildman–Crippen MR) is 78.8 cm³/mol. The van der Waals surface area contributed by atoms with E-state index in [1.54, 1.807) is 36.4 Å². The van der Waals surface area contributed by atoms with Crippen LogP contribution in [0.4, 0.5) is 11.7 Å². The van der Waals surface area contributed by atoms with Crippen LogP contribution >= 0.6 is 34.8 Å². The van der Waals surface area contributed by atoms with E-state index in [4.69, 9.17) is 39.2 Å². The van der Waals surface area contributed by atoms with E-state index in [9.17, 15) is 0 Å². The predicted octanol–water partition coefficient (Wildman–Crippen LogP) is 5.53. The third-order valence-electron chi connectivity index (χ3n) is 2.52. The number of rotatable bonds is 2. The Morgan fingerprint density at radius 3 is 2.58 bits per heavy atom. The number of hydrogen-bond donors (Lipinski definition) is 1. The monoisotopic (exact) mass is 312 g/mol. The Morgan fingerprint density at radius 1 is 0.947 bits per heavy atom. The molecule has 0 aliphatic rings. The second-order valence-electron chi connectivity index (χ2n) is 3.88. The molecule has 1 aromatic heterocycles. The number of hydrogen-bond acceptors (Lipinski definition) is 3. The number of oxazole rings is 1. The summed E-state index contributed by atoms with van der Waals surface area (Å²) in [7, 11) is 0. The summed E-state index contributed by atoms with van der Waals surface area (Å²) in [6.45, 7) is 0. The van der Waals surface area contributed by atoms with Crippen LogP contribution in [0.15, 0.2) is 40.8 Å². The van der Waals surface area contributed by atoms with Crippen molar-refractivity contribution in [2.24, 2.45) is 0 Å². The lowest BCUT2D eigenvalue weighted by Crippen LogP contribution is -1.89. The van der Waals surface area contributed by atoms with Gasteiger partial charge in [-0.25, -0.2) is 0 Å². The third kappa shape index (κ3) is 2.63. The van der Waals surface area contributed by atoms with E-state index < -0.39 is 0 Å². The zero-order chi connectivity index (χ0) is 13.4. The Kier molecular flexibility index (Phi) is 3.27. The molecule has 3 rings (SSSR count). The SMILES string of the molecule is Clc1ccc2oc(Nc3ccc(Cl)c(Cl)c3)nc2c1. The lowest BCUT2D eigenvalue weighted by Gasteiger charge is -2.02. The van der Waals surface area contributed by atoms with E-state index in [2.05, 4.69) is 10.3 Å². The maximum atomic E-state index is 5.94. The van der Waals surface area contributed by atoms with Gasteiger partial charge in [-0.2, -0.15) is 4.98 Å². The molecule has 0 unspecified atom stereocenters. The van der Waals surface area contributed by atoms with Gasteiger partial charge < -0.3 is 9.73 Å². The Morgan fingerprint density at radius 2 is 1.79 bits per heavy atom. The summed E-state index contributed by atoms with van der Waals surface area (Å²) in [4.78, 5) is 4.28. The van der Waals surface area contributed by atoms with Crippen LogP contribution in [0, 0.1) is 0 Å². The van der Waals surface area contributed by atoms with Crippen molar-refractivity contribution in [1.29, 1.82) is 0 Å². The summed E-state index contributed by atoms with van der Waals surface area (Å²) < 4.78 is 5.54. The number of nitrogens with one attached hydrogen (secondary N) is 1. The van der Waals surface area contributed by atoms with Gasteiger partial charge >= 0.3 is 0 Å². The van der Waals surface area contributed by atoms with Gasteiger partial charge in [-0.3, -0.25) is 0 Å². The molecule has 0 spiro atoms. The second kappa shape index (κ2) is 4.93. The first-order chi connectivity index (χ1) is 9.11. The van der Waals surface area contributed by atoms with Crippen LogP contribution in [0.2, 0.25) is 15.1 Å². The number of benzene rings is 2. The van der Waals surface area contributed by atoms with Crippen molar-refractivity contribution in [3.8, 4) is 0 Å². The minimum atomic E-state index is 0.371. The molecule has 1 N–H and O–H groups in total. The topological polar surface area (TPSA) is 38.1 Å². The number of anilines is 2. The van der Waals surface area contributed by atoms with Gasteiger partial charge in [-0.05, 0) is 36.4 Å². The van der Waals surface area contributed by atoms with Gasteiger partial charge in [-0.1, -0.05) is 34.8 Å². The Bertz CT molecular complexity index is 755. The minimum absolute atomic E-state index is 0.371. The van der Waals surface area contributed by atoms with E-state index in [0.29, 0.717) is 32.2 Å². The first kappa shape index (κ1) is 12.6. The fourth-order valence-corrected chi connectivity index (χ4v) is 2.12. The molecular weight excluding hydrogens is 307 g/mol. The van der Waals surface area contributed by atoms with Crippen LogP contribution in [0.5, 0.6) is 0 Å². The fraction of sp³-hybridized carbons (Fsp3) is 0. The zero-order valence-electron chi connectivity index (χ0n) is 9.45. The van der Waals surface area contributed by atoms with Crippen LogP contribution < -0.4 is 5.32 Å². The summed E-state index contributed by atoms with van der Waals surface area (Å²) in [5, 5.41) is 4.59. The molecule has 0 aliphatic carbocycles. The van der Waals surface area contributed by atoms with Crippen molar-refractivity contribution in [2.75, 3.05) is 5.32 Å². The highest BCUT2D eigenvalue weighted by Gasteiger charge is 2.07. The second-order valence-corrected chi connectivity index (χ2v) is 5.14. The average molecular weight is 314 g/mol. The highest BCUT2D eigenvalue weighted by atomic mass is 35.5. The highest BCUT2D eigenvalue weighted by Crippen LogP contribution is 2.28. The highest BCUT2D eigenvalue weighted by molar-refractivity contribution is 6.42. The molecular formula is C13H7Cl3N2O. The van der Waals surface area contributed by atoms with E-state index in [1.807, 2.05) is 0 Å². The van der Waals surface area contributed by atoms with E-state index in [0.717, 1.165) is 5.69 Å². The largest absolute Gasteiger partial charge is 0.423 e. The molecule has 0 bridgehead atoms. The molecule has 1 heterocycles. The van der Waals surface area contributed by atoms with Crippen LogP contribution in [0.3, 0.4) is 0 Å². The molecule has 0 fully saturated rings. The first-order valence-electron chi connectivity index (χ1n) is 5.40. The van der Waals surface area contributed by atoms with Crippen molar-refractivity contribution >= 4 is 57.6 Å². The summed E-state index contributed by atoms with van der Waals surface area (Å²) in [5.41, 5.74) is 2.09. The number of nitrogens with zero attached hydrogens (tertiary/aromatic N) is 1. The van der Waals surface area contributed by atoms with Gasteiger partial charge in [0.15, 0.2) is 5.58 Å². The number of halogens is 3. The van der Waals surface area contributed by atoms with E-state index >= 15 is 0 Å². The molecule has 0 amide bonds. The van der Waals surface area contributed by atoms with Gasteiger partial charge in [-0.15, -0.1) is 0 Å². The molecule has 0 aliphatic heterocycles. The van der Waals surface area contributed by atoms with E-state index in [-0.39, 0.29) is 0 Å². The molecule has 0 saturated carbocycles. The molecule has 3 aromatic rings. The van der Waals surface area contributed by atoms with Crippen molar-refractivity contribution in [2.45, 2.75) is 0 Å². The van der Waals surface area contributed by atoms with Crippen molar-refractivity contribution in [3.05, 3.63) is 51.5 Å². The minimum Gasteiger partial charge on any atom is -0.423 e. The summed E-state index contributed by atoms with van der Waals surface area (Å²) in [6.07, 6.45) is 0. The lowest BCUT2D eigenvalue weighted by atomic mass is 10.3. The molecule has 0 atom stereocenters. The van der Waals surface area contributed by atoms with Crippen LogP contribution in [0.1, 0.15) is 0 Å². The first-order valence-corrected chi connectivity index (χ1v) is 6.53. The van der Waals surface area contributed by atoms with Gasteiger partial charge in [0.25, 0.3) is 6.01 Å². The Balaban J connectivity index is 1.94. The maximum absolute atomic E-state index is 5.94. The normalized spacial score (nSPS) is 10.9. The summed E-state index contributed by atoms with van der Waals surface area (Å²) in [6, 6.07) is 10.8. The van der Waals surface area contributed by atoms with Gasteiger partial charge in [0.2, 0.25) is 0 Å². The van der Waals surface area contributed by atoms with Crippen molar-refractivity contribution in [3.63, 3.8) is 0 Å². The zero-order valence-corrected chi connectivity index (χ0v) is 11.7. The Labute approximate surface area is 124 Å². The fourth-order valence-electron chi connectivity index (χ4n) is 1.65. The molecule has 3 nitrogen and oxygen atoms in total. The molecule has 2 aromatic carbocycles. The van der Waals surface area contributed by atoms with Gasteiger partial charge in [0.05, 0.1) is 10.0 Å². The molecule has 0 radical (unpaired) electrons. The van der Waals surface area contributed by atoms with Crippen LogP contribution in [0.25, 0.3) is 11.1 Å². The number of aromatic nitrogens is 1. The van der Waals surface area contributed by atoms with Gasteiger partial charge in [0.1, 0.15) is 5.52 Å². The molecule has 0 saturated heterocycles. The quantitative estimate of drug-likeness (QED) is 0.676. The lowest BCUT2D eigenvalue weighted by molar-refractivity contribution is 0.623. The third-order valence-corrected chi connectivity index (χ3v) is 3.49. The molecule has 6 heteroatoms. The molecule has 96 valence electrons.